The summed E-state index contributed by atoms with van der Waals surface area (Å²) in [7, 11) is 1.59. The van der Waals surface area contributed by atoms with E-state index >= 15 is 0 Å². The number of carbonyl (C=O) groups is 5. The van der Waals surface area contributed by atoms with Crippen LogP contribution in [0.25, 0.3) is 33.4 Å². The Bertz CT molecular complexity index is 2850. The molecule has 0 saturated carbocycles. The number of para-hydroxylation sites is 2. The lowest BCUT2D eigenvalue weighted by molar-refractivity contribution is -0.255. The summed E-state index contributed by atoms with van der Waals surface area (Å²) >= 11 is 0. The van der Waals surface area contributed by atoms with E-state index in [-0.39, 0.29) is 48.4 Å². The molecule has 65 heavy (non-hydrogen) atoms. The van der Waals surface area contributed by atoms with Crippen molar-refractivity contribution >= 4 is 63.5 Å². The third kappa shape index (κ3) is 9.49. The zero-order valence-electron chi connectivity index (χ0n) is 35.3. The van der Waals surface area contributed by atoms with Gasteiger partial charge in [-0.2, -0.15) is 0 Å². The lowest BCUT2D eigenvalue weighted by Crippen LogP contribution is -2.54. The van der Waals surface area contributed by atoms with Crippen molar-refractivity contribution in [1.82, 2.24) is 4.58 Å². The Morgan fingerprint density at radius 2 is 1.49 bits per heavy atom. The fourth-order valence-electron chi connectivity index (χ4n) is 8.19. The number of benzene rings is 5. The first-order chi connectivity index (χ1) is 31.3. The largest absolute Gasteiger partial charge is 0.545 e. The van der Waals surface area contributed by atoms with Crippen molar-refractivity contribution in [2.24, 2.45) is 0 Å². The molecule has 8 rings (SSSR count). The van der Waals surface area contributed by atoms with Crippen LogP contribution in [0.4, 0.5) is 22.7 Å². The Morgan fingerprint density at radius 3 is 2.17 bits per heavy atom. The molecule has 0 spiro atoms. The van der Waals surface area contributed by atoms with Gasteiger partial charge in [0.15, 0.2) is 0 Å². The van der Waals surface area contributed by atoms with Gasteiger partial charge in [0, 0.05) is 65.2 Å². The van der Waals surface area contributed by atoms with Crippen LogP contribution in [0.5, 0.6) is 11.5 Å². The standard InChI is InChI=1S/C48H45N5O12/c1-50(26-43(54)55)36-16-11-29(23-42(36)64-22-21-63-39-10-5-4-9-37(39)52(27-44(56)57)28-45(58)59)49-47(60)38-17-20-53(38)31-13-15-35-41(25-31)65-40-24-30(51-18-6-19-51)12-14-34(40)46(35)32-7-2-3-8-33(32)48(61)62/h2-5,7-16,23-25,38H,6,17-22,26-28H2,1H3,(H4-,49,54,55,56,57,58,59,60,61,62). The average molecular weight is 884 g/mol. The minimum Gasteiger partial charge on any atom is -0.545 e. The lowest BCUT2D eigenvalue weighted by Gasteiger charge is -2.41. The molecule has 17 heteroatoms. The molecule has 2 saturated heterocycles. The maximum atomic E-state index is 13.9. The summed E-state index contributed by atoms with van der Waals surface area (Å²) in [5.41, 5.74) is 4.34. The zero-order chi connectivity index (χ0) is 45.8. The highest BCUT2D eigenvalue weighted by Gasteiger charge is 2.35. The highest BCUT2D eigenvalue weighted by atomic mass is 16.5. The molecule has 0 aromatic heterocycles. The van der Waals surface area contributed by atoms with Crippen LogP contribution in [0.2, 0.25) is 0 Å². The van der Waals surface area contributed by atoms with E-state index in [4.69, 9.17) is 13.9 Å². The molecule has 1 amide bonds. The van der Waals surface area contributed by atoms with Crippen molar-refractivity contribution in [2.45, 2.75) is 18.9 Å². The summed E-state index contributed by atoms with van der Waals surface area (Å²) < 4.78 is 20.8. The van der Waals surface area contributed by atoms with Gasteiger partial charge < -0.3 is 59.1 Å². The van der Waals surface area contributed by atoms with Crippen LogP contribution in [0.3, 0.4) is 0 Å². The number of fused-ring (bicyclic) bond motifs is 2. The predicted molar refractivity (Wildman–Crippen MR) is 239 cm³/mol. The van der Waals surface area contributed by atoms with Crippen LogP contribution in [0.1, 0.15) is 23.2 Å². The van der Waals surface area contributed by atoms with E-state index < -0.39 is 43.0 Å². The number of carboxylic acids is 4. The molecule has 4 N–H and O–H groups in total. The molecule has 1 aliphatic carbocycles. The Kier molecular flexibility index (Phi) is 12.5. The monoisotopic (exact) mass is 883 g/mol. The van der Waals surface area contributed by atoms with Crippen LogP contribution < -0.4 is 44.5 Å². The number of aliphatic carboxylic acids is 3. The number of amides is 1. The van der Waals surface area contributed by atoms with E-state index in [0.29, 0.717) is 52.2 Å². The average Bonchev–Trinajstić information content (AvgIpc) is 3.22. The quantitative estimate of drug-likeness (QED) is 0.0546. The first-order valence-corrected chi connectivity index (χ1v) is 20.9. The number of hydrogen-bond donors (Lipinski definition) is 4. The number of anilines is 4. The normalized spacial score (nSPS) is 14.3. The number of ether oxygens (including phenoxy) is 2. The Balaban J connectivity index is 1.02. The first kappa shape index (κ1) is 43.6. The second-order valence-electron chi connectivity index (χ2n) is 15.7. The molecule has 1 atom stereocenters. The first-order valence-electron chi connectivity index (χ1n) is 20.9. The Labute approximate surface area is 371 Å². The molecule has 1 unspecified atom stereocenters. The maximum absolute atomic E-state index is 13.9. The van der Waals surface area contributed by atoms with Crippen molar-refractivity contribution in [3.8, 4) is 33.9 Å². The number of aromatic carboxylic acids is 1. The minimum absolute atomic E-state index is 0.0566. The minimum atomic E-state index is -1.29. The topological polar surface area (TPSA) is 225 Å². The van der Waals surface area contributed by atoms with E-state index in [1.54, 1.807) is 67.7 Å². The molecule has 3 heterocycles. The molecule has 0 radical (unpaired) electrons. The smallest absolute Gasteiger partial charge is 0.323 e. The SMILES string of the molecule is CN(CC(=O)O)c1ccc(NC(=O)C2CCN2c2ccc3c(-c4ccccc4C(=O)[O-])c4ccc(=[N+]5CCC5)cc-4oc3c2)cc1OCCOc1ccccc1N(CC(=O)O)CC(=O)O. The van der Waals surface area contributed by atoms with E-state index in [1.165, 1.54) is 11.0 Å². The Morgan fingerprint density at radius 1 is 0.785 bits per heavy atom. The molecule has 3 aliphatic heterocycles. The molecule has 4 aromatic rings. The predicted octanol–water partition coefficient (Wildman–Crippen LogP) is 3.92. The van der Waals surface area contributed by atoms with Gasteiger partial charge in [0.25, 0.3) is 0 Å². The fourth-order valence-corrected chi connectivity index (χ4v) is 8.19. The second kappa shape index (κ2) is 18.7. The van der Waals surface area contributed by atoms with Crippen molar-refractivity contribution in [1.29, 1.82) is 0 Å². The van der Waals surface area contributed by atoms with Crippen LogP contribution in [0.15, 0.2) is 108 Å². The van der Waals surface area contributed by atoms with Gasteiger partial charge in [0.2, 0.25) is 11.3 Å². The van der Waals surface area contributed by atoms with Gasteiger partial charge in [-0.3, -0.25) is 19.2 Å². The molecular weight excluding hydrogens is 839 g/mol. The van der Waals surface area contributed by atoms with Crippen molar-refractivity contribution in [3.05, 3.63) is 114 Å². The van der Waals surface area contributed by atoms with Gasteiger partial charge in [-0.05, 0) is 54.4 Å². The number of rotatable bonds is 18. The van der Waals surface area contributed by atoms with Crippen molar-refractivity contribution in [3.63, 3.8) is 0 Å². The van der Waals surface area contributed by atoms with Gasteiger partial charge in [-0.15, -0.1) is 0 Å². The molecule has 334 valence electrons. The molecule has 4 aliphatic rings. The van der Waals surface area contributed by atoms with Crippen LogP contribution in [0, 0.1) is 0 Å². The molecular formula is C48H45N5O12. The Hall–Kier alpha value is -8.08. The summed E-state index contributed by atoms with van der Waals surface area (Å²) in [6.45, 7) is 0.850. The summed E-state index contributed by atoms with van der Waals surface area (Å²) in [4.78, 5) is 65.5. The van der Waals surface area contributed by atoms with Gasteiger partial charge in [0.05, 0.1) is 29.8 Å². The number of hydrogen-bond acceptors (Lipinski definition) is 12. The van der Waals surface area contributed by atoms with E-state index in [2.05, 4.69) is 9.89 Å². The zero-order valence-corrected chi connectivity index (χ0v) is 35.3. The van der Waals surface area contributed by atoms with E-state index in [0.717, 1.165) is 41.0 Å². The van der Waals surface area contributed by atoms with E-state index in [1.807, 2.05) is 41.3 Å². The number of nitrogens with zero attached hydrogens (tertiary/aromatic N) is 4. The highest BCUT2D eigenvalue weighted by Crippen LogP contribution is 2.43. The van der Waals surface area contributed by atoms with Crippen LogP contribution in [-0.4, -0.2) is 111 Å². The van der Waals surface area contributed by atoms with Gasteiger partial charge in [-0.25, -0.2) is 4.58 Å². The van der Waals surface area contributed by atoms with E-state index in [9.17, 15) is 44.4 Å². The number of carboxylic acid groups (broad SMARTS) is 4. The van der Waals surface area contributed by atoms with Crippen LogP contribution in [-0.2, 0) is 19.2 Å². The van der Waals surface area contributed by atoms with Gasteiger partial charge in [-0.1, -0.05) is 36.4 Å². The fraction of sp³-hybridized carbons (Fsp3) is 0.250. The second-order valence-corrected chi connectivity index (χ2v) is 15.7. The summed E-state index contributed by atoms with van der Waals surface area (Å²) in [6.07, 6.45) is 1.65. The number of carbonyl (C=O) groups excluding carboxylic acids is 2. The highest BCUT2D eigenvalue weighted by molar-refractivity contribution is 6.08. The summed E-state index contributed by atoms with van der Waals surface area (Å²) in [5.74, 6) is -4.02. The van der Waals surface area contributed by atoms with Gasteiger partial charge in [0.1, 0.15) is 74.8 Å². The van der Waals surface area contributed by atoms with Crippen molar-refractivity contribution < 1.29 is 58.3 Å². The number of nitrogens with one attached hydrogen (secondary N) is 1. The molecule has 4 aromatic carbocycles. The summed E-state index contributed by atoms with van der Waals surface area (Å²) in [5, 5.41) is 45.3. The van der Waals surface area contributed by atoms with Crippen LogP contribution >= 0.6 is 0 Å². The summed E-state index contributed by atoms with van der Waals surface area (Å²) in [6, 6.07) is 29.1. The third-order valence-electron chi connectivity index (χ3n) is 11.4. The molecule has 17 nitrogen and oxygen atoms in total. The third-order valence-corrected chi connectivity index (χ3v) is 11.4. The lowest BCUT2D eigenvalue weighted by atomic mass is 9.90. The molecule has 0 bridgehead atoms. The van der Waals surface area contributed by atoms with Crippen molar-refractivity contribution in [2.75, 3.05) is 79.5 Å². The van der Waals surface area contributed by atoms with Gasteiger partial charge >= 0.3 is 17.9 Å². The molecule has 2 fully saturated rings. The number of likely N-dealkylation sites (N-methyl/N-ethyl adjacent to an activating group) is 1. The maximum Gasteiger partial charge on any atom is 0.323 e.